The molecule has 0 saturated heterocycles. The predicted molar refractivity (Wildman–Crippen MR) is 112 cm³/mol. The van der Waals surface area contributed by atoms with Gasteiger partial charge in [0.05, 0.1) is 18.5 Å². The van der Waals surface area contributed by atoms with Crippen LogP contribution in [0.25, 0.3) is 17.1 Å². The third-order valence-electron chi connectivity index (χ3n) is 4.76. The molecular formula is C23H22N4O2. The Kier molecular flexibility index (Phi) is 5.16. The van der Waals surface area contributed by atoms with Crippen LogP contribution in [0.3, 0.4) is 0 Å². The van der Waals surface area contributed by atoms with E-state index in [1.807, 2.05) is 90.6 Å². The molecule has 0 bridgehead atoms. The lowest BCUT2D eigenvalue weighted by Crippen LogP contribution is -2.25. The van der Waals surface area contributed by atoms with Crippen molar-refractivity contribution in [2.24, 2.45) is 7.05 Å². The van der Waals surface area contributed by atoms with Gasteiger partial charge in [0.2, 0.25) is 0 Å². The minimum Gasteiger partial charge on any atom is -0.497 e. The number of nitrogens with one attached hydrogen (secondary N) is 1. The molecule has 146 valence electrons. The zero-order valence-corrected chi connectivity index (χ0v) is 16.4. The lowest BCUT2D eigenvalue weighted by molar-refractivity contribution is 0.0943. The lowest BCUT2D eigenvalue weighted by Gasteiger charge is -2.09. The summed E-state index contributed by atoms with van der Waals surface area (Å²) in [4.78, 5) is 13.0. The summed E-state index contributed by atoms with van der Waals surface area (Å²) in [5.74, 6) is 0.566. The number of nitrogens with zero attached hydrogens (tertiary/aromatic N) is 3. The van der Waals surface area contributed by atoms with Crippen LogP contribution < -0.4 is 10.1 Å². The van der Waals surface area contributed by atoms with Gasteiger partial charge < -0.3 is 14.6 Å². The van der Waals surface area contributed by atoms with Gasteiger partial charge in [0.25, 0.3) is 5.91 Å². The molecule has 6 heteroatoms. The average Bonchev–Trinajstić information content (AvgIpc) is 3.39. The van der Waals surface area contributed by atoms with Gasteiger partial charge in [-0.05, 0) is 48.0 Å². The van der Waals surface area contributed by atoms with Crippen LogP contribution in [0.1, 0.15) is 16.1 Å². The van der Waals surface area contributed by atoms with Crippen molar-refractivity contribution in [1.82, 2.24) is 19.7 Å². The summed E-state index contributed by atoms with van der Waals surface area (Å²) in [5.41, 5.74) is 3.98. The Morgan fingerprint density at radius 1 is 1.03 bits per heavy atom. The smallest absolute Gasteiger partial charge is 0.270 e. The lowest BCUT2D eigenvalue weighted by atomic mass is 10.2. The first kappa shape index (κ1) is 18.6. The van der Waals surface area contributed by atoms with Crippen LogP contribution in [0, 0.1) is 0 Å². The summed E-state index contributed by atoms with van der Waals surface area (Å²) >= 11 is 0. The third kappa shape index (κ3) is 3.91. The quantitative estimate of drug-likeness (QED) is 0.548. The van der Waals surface area contributed by atoms with Gasteiger partial charge in [0.15, 0.2) is 0 Å². The Bertz CT molecular complexity index is 1110. The van der Waals surface area contributed by atoms with Gasteiger partial charge in [-0.1, -0.05) is 30.3 Å². The SMILES string of the molecule is COc1ccc(-n2nc(-c3cccn3C)cc2C(=O)NCc2ccccc2)cc1. The normalized spacial score (nSPS) is 10.7. The van der Waals surface area contributed by atoms with Crippen LogP contribution >= 0.6 is 0 Å². The van der Waals surface area contributed by atoms with Crippen molar-refractivity contribution in [2.75, 3.05) is 7.11 Å². The van der Waals surface area contributed by atoms with E-state index in [1.54, 1.807) is 11.8 Å². The first-order chi connectivity index (χ1) is 14.2. The second kappa shape index (κ2) is 8.06. The van der Waals surface area contributed by atoms with Crippen LogP contribution in [-0.2, 0) is 13.6 Å². The van der Waals surface area contributed by atoms with E-state index in [9.17, 15) is 4.79 Å². The molecular weight excluding hydrogens is 364 g/mol. The summed E-state index contributed by atoms with van der Waals surface area (Å²) in [5, 5.41) is 7.70. The van der Waals surface area contributed by atoms with Crippen molar-refractivity contribution in [3.8, 4) is 22.8 Å². The fourth-order valence-corrected chi connectivity index (χ4v) is 3.18. The van der Waals surface area contributed by atoms with Crippen LogP contribution in [0.2, 0.25) is 0 Å². The van der Waals surface area contributed by atoms with Crippen LogP contribution in [-0.4, -0.2) is 27.4 Å². The molecule has 0 radical (unpaired) electrons. The number of rotatable bonds is 6. The highest BCUT2D eigenvalue weighted by Crippen LogP contribution is 2.23. The summed E-state index contributed by atoms with van der Waals surface area (Å²) in [6, 6.07) is 23.1. The van der Waals surface area contributed by atoms with Gasteiger partial charge in [-0.2, -0.15) is 5.10 Å². The molecule has 29 heavy (non-hydrogen) atoms. The average molecular weight is 386 g/mol. The second-order valence-electron chi connectivity index (χ2n) is 6.70. The molecule has 0 unspecified atom stereocenters. The molecule has 2 aromatic carbocycles. The molecule has 2 heterocycles. The topological polar surface area (TPSA) is 61.1 Å². The van der Waals surface area contributed by atoms with E-state index in [4.69, 9.17) is 9.84 Å². The molecule has 1 amide bonds. The van der Waals surface area contributed by atoms with Crippen molar-refractivity contribution in [1.29, 1.82) is 0 Å². The van der Waals surface area contributed by atoms with Crippen molar-refractivity contribution in [2.45, 2.75) is 6.54 Å². The van der Waals surface area contributed by atoms with E-state index in [2.05, 4.69) is 5.32 Å². The van der Waals surface area contributed by atoms with Gasteiger partial charge in [0, 0.05) is 19.8 Å². The van der Waals surface area contributed by atoms with Crippen molar-refractivity contribution >= 4 is 5.91 Å². The maximum Gasteiger partial charge on any atom is 0.270 e. The third-order valence-corrected chi connectivity index (χ3v) is 4.76. The first-order valence-electron chi connectivity index (χ1n) is 9.34. The van der Waals surface area contributed by atoms with Gasteiger partial charge in [0.1, 0.15) is 17.1 Å². The van der Waals surface area contributed by atoms with E-state index >= 15 is 0 Å². The van der Waals surface area contributed by atoms with E-state index in [1.165, 1.54) is 0 Å². The zero-order chi connectivity index (χ0) is 20.2. The van der Waals surface area contributed by atoms with Crippen molar-refractivity contribution in [3.63, 3.8) is 0 Å². The maximum absolute atomic E-state index is 13.0. The Hall–Kier alpha value is -3.80. The molecule has 0 fully saturated rings. The molecule has 2 aromatic heterocycles. The van der Waals surface area contributed by atoms with Crippen LogP contribution in [0.5, 0.6) is 5.75 Å². The number of aryl methyl sites for hydroxylation is 1. The molecule has 0 aliphatic rings. The van der Waals surface area contributed by atoms with Crippen LogP contribution in [0.4, 0.5) is 0 Å². The van der Waals surface area contributed by atoms with Gasteiger partial charge in [-0.3, -0.25) is 4.79 Å². The highest BCUT2D eigenvalue weighted by molar-refractivity contribution is 5.94. The summed E-state index contributed by atoms with van der Waals surface area (Å²) < 4.78 is 8.89. The molecule has 0 atom stereocenters. The van der Waals surface area contributed by atoms with E-state index in [-0.39, 0.29) is 5.91 Å². The number of methoxy groups -OCH3 is 1. The molecule has 0 saturated carbocycles. The number of carbonyl (C=O) groups excluding carboxylic acids is 1. The molecule has 6 nitrogen and oxygen atoms in total. The Labute approximate surface area is 169 Å². The maximum atomic E-state index is 13.0. The highest BCUT2D eigenvalue weighted by Gasteiger charge is 2.18. The fraction of sp³-hybridized carbons (Fsp3) is 0.130. The van der Waals surface area contributed by atoms with Crippen LogP contribution in [0.15, 0.2) is 79.0 Å². The molecule has 0 aliphatic carbocycles. The summed E-state index contributed by atoms with van der Waals surface area (Å²) in [6.45, 7) is 0.451. The van der Waals surface area contributed by atoms with E-state index in [0.717, 1.165) is 28.4 Å². The number of ether oxygens (including phenoxy) is 1. The molecule has 4 rings (SSSR count). The number of benzene rings is 2. The van der Waals surface area contributed by atoms with Gasteiger partial charge >= 0.3 is 0 Å². The first-order valence-corrected chi connectivity index (χ1v) is 9.34. The molecule has 0 aliphatic heterocycles. The highest BCUT2D eigenvalue weighted by atomic mass is 16.5. The molecule has 1 N–H and O–H groups in total. The standard InChI is InChI=1S/C23H22N4O2/c1-26-14-6-9-21(26)20-15-22(23(28)24-16-17-7-4-3-5-8-17)27(25-20)18-10-12-19(29-2)13-11-18/h3-15H,16H2,1-2H3,(H,24,28). The van der Waals surface area contributed by atoms with E-state index < -0.39 is 0 Å². The Morgan fingerprint density at radius 2 is 1.79 bits per heavy atom. The second-order valence-corrected chi connectivity index (χ2v) is 6.70. The van der Waals surface area contributed by atoms with Crippen molar-refractivity contribution in [3.05, 3.63) is 90.3 Å². The molecule has 0 spiro atoms. The minimum atomic E-state index is -0.183. The van der Waals surface area contributed by atoms with E-state index in [0.29, 0.717) is 12.2 Å². The zero-order valence-electron chi connectivity index (χ0n) is 16.4. The largest absolute Gasteiger partial charge is 0.497 e. The summed E-state index contributed by atoms with van der Waals surface area (Å²) in [7, 11) is 3.58. The van der Waals surface area contributed by atoms with Gasteiger partial charge in [-0.15, -0.1) is 0 Å². The fourth-order valence-electron chi connectivity index (χ4n) is 3.18. The van der Waals surface area contributed by atoms with Gasteiger partial charge in [-0.25, -0.2) is 4.68 Å². The number of hydrogen-bond acceptors (Lipinski definition) is 3. The van der Waals surface area contributed by atoms with Crippen molar-refractivity contribution < 1.29 is 9.53 Å². The number of hydrogen-bond donors (Lipinski definition) is 1. The molecule has 4 aromatic rings. The monoisotopic (exact) mass is 386 g/mol. The Balaban J connectivity index is 1.69. The number of carbonyl (C=O) groups is 1. The summed E-state index contributed by atoms with van der Waals surface area (Å²) in [6.07, 6.45) is 1.96. The minimum absolute atomic E-state index is 0.183. The Morgan fingerprint density at radius 3 is 2.45 bits per heavy atom. The number of aromatic nitrogens is 3. The number of amides is 1. The predicted octanol–water partition coefficient (Wildman–Crippen LogP) is 3.82.